The average Bonchev–Trinajstić information content (AvgIpc) is 3.02. The number of hydrogen-bond donors (Lipinski definition) is 3. The molecule has 10 heteroatoms. The van der Waals surface area contributed by atoms with Crippen LogP contribution in [0.15, 0.2) is 91.0 Å². The van der Waals surface area contributed by atoms with Crippen LogP contribution < -0.4 is 10.6 Å². The van der Waals surface area contributed by atoms with Gasteiger partial charge in [0.25, 0.3) is 0 Å². The first kappa shape index (κ1) is 37.4. The minimum atomic E-state index is -3.60. The number of carbonyl (C=O) groups excluding carboxylic acids is 1. The SMILES string of the molecule is CC(COCP(=O)(OCc1ccccc1)OCc1ccccc1)C(C)(C)NC[C@@H](O)[C@H](Cc1ccccc1)NC(=O)OC(C)(C)C. The maximum Gasteiger partial charge on any atom is 0.407 e. The predicted molar refractivity (Wildman–Crippen MR) is 181 cm³/mol. The van der Waals surface area contributed by atoms with Crippen molar-refractivity contribution in [2.24, 2.45) is 5.92 Å². The first-order valence-corrected chi connectivity index (χ1v) is 17.5. The molecule has 46 heavy (non-hydrogen) atoms. The molecule has 0 aromatic heterocycles. The third-order valence-electron chi connectivity index (χ3n) is 7.62. The molecule has 3 N–H and O–H groups in total. The molecular formula is C36H51N2O7P. The first-order valence-electron chi connectivity index (χ1n) is 15.7. The van der Waals surface area contributed by atoms with Crippen LogP contribution in [0.3, 0.4) is 0 Å². The number of nitrogens with one attached hydrogen (secondary N) is 2. The Balaban J connectivity index is 1.57. The number of benzene rings is 3. The standard InChI is InChI=1S/C36H51N2O7P/c1-28(24-42-27-46(41,43-25-30-18-12-8-13-19-30)44-26-31-20-14-9-15-21-31)36(5,6)37-23-33(39)32(22-29-16-10-7-11-17-29)38-34(40)45-35(2,3)4/h7-21,28,32-33,37,39H,22-27H2,1-6H3,(H,38,40)/t28?,32-,33+/m0/s1. The van der Waals surface area contributed by atoms with Gasteiger partial charge in [-0.15, -0.1) is 0 Å². The number of hydrogen-bond acceptors (Lipinski definition) is 8. The van der Waals surface area contributed by atoms with Gasteiger partial charge >= 0.3 is 13.7 Å². The summed E-state index contributed by atoms with van der Waals surface area (Å²) in [5.74, 6) is -0.0530. The zero-order valence-corrected chi connectivity index (χ0v) is 28.9. The van der Waals surface area contributed by atoms with Gasteiger partial charge in [0.15, 0.2) is 0 Å². The van der Waals surface area contributed by atoms with Crippen LogP contribution in [-0.2, 0) is 42.7 Å². The summed E-state index contributed by atoms with van der Waals surface area (Å²) >= 11 is 0. The topological polar surface area (TPSA) is 115 Å². The number of aliphatic hydroxyl groups excluding tert-OH is 1. The molecule has 1 unspecified atom stereocenters. The quantitative estimate of drug-likeness (QED) is 0.125. The molecule has 0 aliphatic heterocycles. The van der Waals surface area contributed by atoms with E-state index in [4.69, 9.17) is 18.5 Å². The van der Waals surface area contributed by atoms with E-state index < -0.39 is 37.0 Å². The number of rotatable bonds is 18. The highest BCUT2D eigenvalue weighted by Crippen LogP contribution is 2.50. The Kier molecular flexibility index (Phi) is 14.4. The zero-order valence-electron chi connectivity index (χ0n) is 28.0. The number of β-amino-alcohol motifs (C(OH)–C–C–N with tert-alkyl or cyclic N) is 1. The second kappa shape index (κ2) is 17.8. The molecule has 0 saturated carbocycles. The Labute approximate surface area is 274 Å². The van der Waals surface area contributed by atoms with E-state index in [2.05, 4.69) is 10.6 Å². The minimum absolute atomic E-state index is 0.0530. The molecule has 3 rings (SSSR count). The van der Waals surface area contributed by atoms with E-state index in [9.17, 15) is 14.5 Å². The third kappa shape index (κ3) is 13.8. The molecule has 252 valence electrons. The summed E-state index contributed by atoms with van der Waals surface area (Å²) in [7, 11) is -3.60. The molecule has 0 bridgehead atoms. The highest BCUT2D eigenvalue weighted by Gasteiger charge is 2.31. The van der Waals surface area contributed by atoms with E-state index >= 15 is 0 Å². The van der Waals surface area contributed by atoms with E-state index in [-0.39, 0.29) is 38.6 Å². The van der Waals surface area contributed by atoms with Crippen molar-refractivity contribution >= 4 is 13.7 Å². The van der Waals surface area contributed by atoms with E-state index in [1.807, 2.05) is 112 Å². The summed E-state index contributed by atoms with van der Waals surface area (Å²) in [5, 5.41) is 17.5. The molecule has 0 aliphatic rings. The van der Waals surface area contributed by atoms with Crippen molar-refractivity contribution in [3.05, 3.63) is 108 Å². The molecule has 3 atom stereocenters. The lowest BCUT2D eigenvalue weighted by molar-refractivity contribution is 0.0395. The molecule has 0 heterocycles. The fourth-order valence-electron chi connectivity index (χ4n) is 4.45. The molecule has 9 nitrogen and oxygen atoms in total. The molecule has 0 fully saturated rings. The van der Waals surface area contributed by atoms with Gasteiger partial charge in [-0.25, -0.2) is 4.79 Å². The van der Waals surface area contributed by atoms with Crippen LogP contribution in [0, 0.1) is 5.92 Å². The van der Waals surface area contributed by atoms with Gasteiger partial charge in [-0.1, -0.05) is 97.9 Å². The maximum absolute atomic E-state index is 13.7. The minimum Gasteiger partial charge on any atom is -0.444 e. The molecule has 0 spiro atoms. The van der Waals surface area contributed by atoms with Crippen molar-refractivity contribution in [1.82, 2.24) is 10.6 Å². The lowest BCUT2D eigenvalue weighted by Gasteiger charge is -2.35. The van der Waals surface area contributed by atoms with Crippen LogP contribution in [0.1, 0.15) is 58.2 Å². The largest absolute Gasteiger partial charge is 0.444 e. The fraction of sp³-hybridized carbons (Fsp3) is 0.472. The van der Waals surface area contributed by atoms with Crippen molar-refractivity contribution in [1.29, 1.82) is 0 Å². The van der Waals surface area contributed by atoms with Crippen molar-refractivity contribution in [3.63, 3.8) is 0 Å². The summed E-state index contributed by atoms with van der Waals surface area (Å²) in [6.07, 6.45) is -1.25. The van der Waals surface area contributed by atoms with E-state index in [0.717, 1.165) is 16.7 Å². The second-order valence-electron chi connectivity index (χ2n) is 13.1. The van der Waals surface area contributed by atoms with Gasteiger partial charge in [-0.05, 0) is 63.6 Å². The van der Waals surface area contributed by atoms with Crippen molar-refractivity contribution in [2.75, 3.05) is 19.5 Å². The van der Waals surface area contributed by atoms with Gasteiger partial charge in [-0.2, -0.15) is 0 Å². The number of ether oxygens (including phenoxy) is 2. The highest BCUT2D eigenvalue weighted by atomic mass is 31.2. The van der Waals surface area contributed by atoms with Gasteiger partial charge in [0.2, 0.25) is 0 Å². The zero-order chi connectivity index (χ0) is 33.6. The number of alkyl carbamates (subject to hydrolysis) is 1. The second-order valence-corrected chi connectivity index (χ2v) is 15.1. The van der Waals surface area contributed by atoms with Crippen LogP contribution in [0.5, 0.6) is 0 Å². The van der Waals surface area contributed by atoms with E-state index in [1.165, 1.54) is 0 Å². The first-order chi connectivity index (χ1) is 21.7. The number of carbonyl (C=O) groups is 1. The van der Waals surface area contributed by atoms with Crippen LogP contribution in [0.4, 0.5) is 4.79 Å². The lowest BCUT2D eigenvalue weighted by Crippen LogP contribution is -2.54. The Bertz CT molecular complexity index is 1300. The Morgan fingerprint density at radius 1 is 0.804 bits per heavy atom. The number of aliphatic hydroxyl groups is 1. The van der Waals surface area contributed by atoms with E-state index in [1.54, 1.807) is 20.8 Å². The molecule has 0 saturated heterocycles. The van der Waals surface area contributed by atoms with Crippen LogP contribution >= 0.6 is 7.60 Å². The summed E-state index contributed by atoms with van der Waals surface area (Å²) in [4.78, 5) is 12.6. The van der Waals surface area contributed by atoms with Crippen LogP contribution in [-0.4, -0.2) is 54.0 Å². The van der Waals surface area contributed by atoms with Crippen LogP contribution in [0.25, 0.3) is 0 Å². The molecule has 0 radical (unpaired) electrons. The molecule has 3 aromatic rings. The van der Waals surface area contributed by atoms with Crippen molar-refractivity contribution in [2.45, 2.75) is 84.5 Å². The Hall–Kier alpha value is -3.04. The van der Waals surface area contributed by atoms with Crippen LogP contribution in [0.2, 0.25) is 0 Å². The average molecular weight is 655 g/mol. The Morgan fingerprint density at radius 2 is 1.28 bits per heavy atom. The van der Waals surface area contributed by atoms with Gasteiger partial charge < -0.3 is 34.3 Å². The monoisotopic (exact) mass is 654 g/mol. The summed E-state index contributed by atoms with van der Waals surface area (Å²) in [6, 6.07) is 28.1. The third-order valence-corrected chi connectivity index (χ3v) is 9.17. The predicted octanol–water partition coefficient (Wildman–Crippen LogP) is 7.09. The van der Waals surface area contributed by atoms with Gasteiger partial charge in [-0.3, -0.25) is 4.57 Å². The highest BCUT2D eigenvalue weighted by molar-refractivity contribution is 7.53. The smallest absolute Gasteiger partial charge is 0.407 e. The van der Waals surface area contributed by atoms with Crippen molar-refractivity contribution < 1.29 is 33.0 Å². The summed E-state index contributed by atoms with van der Waals surface area (Å²) < 4.78 is 36.8. The van der Waals surface area contributed by atoms with Gasteiger partial charge in [0, 0.05) is 12.1 Å². The molecule has 1 amide bonds. The fourth-order valence-corrected chi connectivity index (χ4v) is 5.69. The van der Waals surface area contributed by atoms with Crippen molar-refractivity contribution in [3.8, 4) is 0 Å². The Morgan fingerprint density at radius 3 is 1.76 bits per heavy atom. The molecule has 3 aromatic carbocycles. The lowest BCUT2D eigenvalue weighted by atomic mass is 9.89. The van der Waals surface area contributed by atoms with Gasteiger partial charge in [0.1, 0.15) is 11.9 Å². The molecular weight excluding hydrogens is 603 g/mol. The summed E-state index contributed by atoms with van der Waals surface area (Å²) in [6.45, 7) is 12.2. The van der Waals surface area contributed by atoms with Gasteiger partial charge in [0.05, 0.1) is 32.0 Å². The van der Waals surface area contributed by atoms with E-state index in [0.29, 0.717) is 6.42 Å². The number of amides is 1. The summed E-state index contributed by atoms with van der Waals surface area (Å²) in [5.41, 5.74) is 1.61. The maximum atomic E-state index is 13.7. The normalized spacial score (nSPS) is 14.3. The molecule has 0 aliphatic carbocycles.